The smallest absolute Gasteiger partial charge is 0.119 e. The molecule has 2 N–H and O–H groups in total. The number of benzene rings is 2. The van der Waals surface area contributed by atoms with Crippen molar-refractivity contribution < 1.29 is 4.74 Å². The summed E-state index contributed by atoms with van der Waals surface area (Å²) in [5, 5.41) is 1.05. The van der Waals surface area contributed by atoms with Crippen molar-refractivity contribution in [3.8, 4) is 5.75 Å². The molecule has 2 rings (SSSR count). The van der Waals surface area contributed by atoms with Gasteiger partial charge in [-0.05, 0) is 41.8 Å². The van der Waals surface area contributed by atoms with Crippen molar-refractivity contribution in [2.24, 2.45) is 5.73 Å². The van der Waals surface area contributed by atoms with Crippen LogP contribution in [-0.4, -0.2) is 6.61 Å². The second-order valence-corrected chi connectivity index (χ2v) is 5.38. The lowest BCUT2D eigenvalue weighted by Gasteiger charge is -2.14. The van der Waals surface area contributed by atoms with Gasteiger partial charge in [0.15, 0.2) is 0 Å². The normalized spacial score (nSPS) is 12.2. The Morgan fingerprint density at radius 1 is 1.00 bits per heavy atom. The number of hydrogen-bond acceptors (Lipinski definition) is 2. The maximum atomic E-state index is 6.24. The van der Waals surface area contributed by atoms with Gasteiger partial charge in [0, 0.05) is 0 Å². The van der Waals surface area contributed by atoms with Crippen LogP contribution in [-0.2, 0) is 0 Å². The summed E-state index contributed by atoms with van der Waals surface area (Å²) in [5.74, 6) is 0.858. The maximum absolute atomic E-state index is 6.24. The fraction of sp³-hybridized carbons (Fsp3) is 0.250. The Kier molecular flexibility index (Phi) is 5.30. The molecule has 0 saturated heterocycles. The molecule has 0 heterocycles. The number of nitrogens with two attached hydrogens (primary N) is 1. The maximum Gasteiger partial charge on any atom is 0.119 e. The lowest BCUT2D eigenvalue weighted by atomic mass is 10.00. The quantitative estimate of drug-likeness (QED) is 0.858. The van der Waals surface area contributed by atoms with Crippen molar-refractivity contribution in [2.45, 2.75) is 19.4 Å². The molecule has 2 aromatic carbocycles. The second-order valence-electron chi connectivity index (χ2n) is 4.57. The first-order valence-corrected chi connectivity index (χ1v) is 7.30. The van der Waals surface area contributed by atoms with Crippen molar-refractivity contribution in [3.63, 3.8) is 0 Å². The van der Waals surface area contributed by atoms with Crippen molar-refractivity contribution >= 4 is 23.2 Å². The molecule has 0 aromatic heterocycles. The summed E-state index contributed by atoms with van der Waals surface area (Å²) < 4.78 is 5.55. The SMILES string of the molecule is CCCOc1ccc(C(N)c2ccc(Cl)c(Cl)c2)cc1. The number of halogens is 2. The Morgan fingerprint density at radius 2 is 1.65 bits per heavy atom. The van der Waals surface area contributed by atoms with Crippen LogP contribution in [0.1, 0.15) is 30.5 Å². The summed E-state index contributed by atoms with van der Waals surface area (Å²) in [5.41, 5.74) is 8.18. The topological polar surface area (TPSA) is 35.2 Å². The molecule has 1 atom stereocenters. The predicted molar refractivity (Wildman–Crippen MR) is 84.7 cm³/mol. The highest BCUT2D eigenvalue weighted by Crippen LogP contribution is 2.28. The molecular weight excluding hydrogens is 293 g/mol. The molecular formula is C16H17Cl2NO. The molecule has 4 heteroatoms. The summed E-state index contributed by atoms with van der Waals surface area (Å²) in [6, 6.07) is 13.0. The highest BCUT2D eigenvalue weighted by Gasteiger charge is 2.10. The van der Waals surface area contributed by atoms with Crippen LogP contribution in [0.15, 0.2) is 42.5 Å². The van der Waals surface area contributed by atoms with Gasteiger partial charge < -0.3 is 10.5 Å². The third kappa shape index (κ3) is 3.66. The van der Waals surface area contributed by atoms with Crippen molar-refractivity contribution in [3.05, 3.63) is 63.6 Å². The predicted octanol–water partition coefficient (Wildman–Crippen LogP) is 4.83. The first kappa shape index (κ1) is 15.2. The molecule has 0 spiro atoms. The van der Waals surface area contributed by atoms with Crippen LogP contribution >= 0.6 is 23.2 Å². The van der Waals surface area contributed by atoms with Crippen LogP contribution < -0.4 is 10.5 Å². The van der Waals surface area contributed by atoms with E-state index in [1.165, 1.54) is 0 Å². The van der Waals surface area contributed by atoms with E-state index in [1.54, 1.807) is 12.1 Å². The Balaban J connectivity index is 2.15. The highest BCUT2D eigenvalue weighted by molar-refractivity contribution is 6.42. The molecule has 0 aliphatic rings. The molecule has 20 heavy (non-hydrogen) atoms. The average Bonchev–Trinajstić information content (AvgIpc) is 2.48. The Bertz CT molecular complexity index is 569. The van der Waals surface area contributed by atoms with E-state index in [-0.39, 0.29) is 6.04 Å². The molecule has 106 valence electrons. The number of rotatable bonds is 5. The van der Waals surface area contributed by atoms with Gasteiger partial charge in [-0.3, -0.25) is 0 Å². The lowest BCUT2D eigenvalue weighted by molar-refractivity contribution is 0.317. The van der Waals surface area contributed by atoms with Crippen LogP contribution in [0.25, 0.3) is 0 Å². The molecule has 0 radical (unpaired) electrons. The zero-order valence-corrected chi connectivity index (χ0v) is 12.8. The second kappa shape index (κ2) is 6.98. The Hall–Kier alpha value is -1.22. The number of hydrogen-bond donors (Lipinski definition) is 1. The Morgan fingerprint density at radius 3 is 2.25 bits per heavy atom. The van der Waals surface area contributed by atoms with Crippen LogP contribution in [0, 0.1) is 0 Å². The van der Waals surface area contributed by atoms with E-state index in [9.17, 15) is 0 Å². The molecule has 0 aliphatic heterocycles. The molecule has 2 aromatic rings. The standard InChI is InChI=1S/C16H17Cl2NO/c1-2-9-20-13-6-3-11(4-7-13)16(19)12-5-8-14(17)15(18)10-12/h3-8,10,16H,2,9,19H2,1H3. The van der Waals surface area contributed by atoms with Gasteiger partial charge in [-0.1, -0.05) is 48.3 Å². The van der Waals surface area contributed by atoms with Gasteiger partial charge in [0.1, 0.15) is 5.75 Å². The third-order valence-electron chi connectivity index (χ3n) is 3.01. The van der Waals surface area contributed by atoms with Crippen molar-refractivity contribution in [1.82, 2.24) is 0 Å². The summed E-state index contributed by atoms with van der Waals surface area (Å²) in [7, 11) is 0. The largest absolute Gasteiger partial charge is 0.494 e. The highest BCUT2D eigenvalue weighted by atomic mass is 35.5. The van der Waals surface area contributed by atoms with Gasteiger partial charge in [-0.2, -0.15) is 0 Å². The molecule has 0 fully saturated rings. The van der Waals surface area contributed by atoms with Crippen molar-refractivity contribution in [1.29, 1.82) is 0 Å². The first-order chi connectivity index (χ1) is 9.61. The monoisotopic (exact) mass is 309 g/mol. The van der Waals surface area contributed by atoms with Gasteiger partial charge in [-0.15, -0.1) is 0 Å². The van der Waals surface area contributed by atoms with Crippen LogP contribution in [0.4, 0.5) is 0 Å². The molecule has 1 unspecified atom stereocenters. The molecule has 0 amide bonds. The lowest BCUT2D eigenvalue weighted by Crippen LogP contribution is -2.11. The van der Waals surface area contributed by atoms with E-state index < -0.39 is 0 Å². The summed E-state index contributed by atoms with van der Waals surface area (Å²) in [6.45, 7) is 2.80. The number of ether oxygens (including phenoxy) is 1. The van der Waals surface area contributed by atoms with E-state index in [0.29, 0.717) is 10.0 Å². The van der Waals surface area contributed by atoms with E-state index in [0.717, 1.165) is 29.9 Å². The summed E-state index contributed by atoms with van der Waals surface area (Å²) in [6.07, 6.45) is 0.991. The van der Waals surface area contributed by atoms with Crippen LogP contribution in [0.5, 0.6) is 5.75 Å². The Labute approximate surface area is 129 Å². The van der Waals surface area contributed by atoms with Gasteiger partial charge in [0.05, 0.1) is 22.7 Å². The van der Waals surface area contributed by atoms with Crippen LogP contribution in [0.3, 0.4) is 0 Å². The minimum Gasteiger partial charge on any atom is -0.494 e. The van der Waals surface area contributed by atoms with Gasteiger partial charge >= 0.3 is 0 Å². The van der Waals surface area contributed by atoms with Gasteiger partial charge in [0.2, 0.25) is 0 Å². The van der Waals surface area contributed by atoms with E-state index in [1.807, 2.05) is 30.3 Å². The minimum atomic E-state index is -0.231. The van der Waals surface area contributed by atoms with Crippen molar-refractivity contribution in [2.75, 3.05) is 6.61 Å². The minimum absolute atomic E-state index is 0.231. The van der Waals surface area contributed by atoms with E-state index >= 15 is 0 Å². The van der Waals surface area contributed by atoms with E-state index in [4.69, 9.17) is 33.7 Å². The molecule has 0 saturated carbocycles. The third-order valence-corrected chi connectivity index (χ3v) is 3.75. The summed E-state index contributed by atoms with van der Waals surface area (Å²) in [4.78, 5) is 0. The zero-order valence-electron chi connectivity index (χ0n) is 11.3. The average molecular weight is 310 g/mol. The molecule has 2 nitrogen and oxygen atoms in total. The van der Waals surface area contributed by atoms with E-state index in [2.05, 4.69) is 6.92 Å². The fourth-order valence-electron chi connectivity index (χ4n) is 1.89. The zero-order chi connectivity index (χ0) is 14.5. The van der Waals surface area contributed by atoms with Crippen LogP contribution in [0.2, 0.25) is 10.0 Å². The molecule has 0 aliphatic carbocycles. The fourth-order valence-corrected chi connectivity index (χ4v) is 2.20. The molecule has 0 bridgehead atoms. The van der Waals surface area contributed by atoms with Gasteiger partial charge in [-0.25, -0.2) is 0 Å². The van der Waals surface area contributed by atoms with Gasteiger partial charge in [0.25, 0.3) is 0 Å². The summed E-state index contributed by atoms with van der Waals surface area (Å²) >= 11 is 11.9. The first-order valence-electron chi connectivity index (χ1n) is 6.55.